The smallest absolute Gasteiger partial charge is 0.165 e. The zero-order chi connectivity index (χ0) is 13.7. The van der Waals surface area contributed by atoms with E-state index in [-0.39, 0.29) is 11.6 Å². The topological polar surface area (TPSA) is 64.9 Å². The molecule has 7 heteroatoms. The second kappa shape index (κ2) is 6.24. The van der Waals surface area contributed by atoms with Crippen molar-refractivity contribution in [2.24, 2.45) is 0 Å². The molecule has 1 aromatic carbocycles. The summed E-state index contributed by atoms with van der Waals surface area (Å²) in [5.74, 6) is 0.617. The van der Waals surface area contributed by atoms with Crippen LogP contribution in [-0.2, 0) is 13.0 Å². The van der Waals surface area contributed by atoms with Gasteiger partial charge in [0.05, 0.1) is 13.7 Å². The van der Waals surface area contributed by atoms with Gasteiger partial charge in [-0.25, -0.2) is 9.07 Å². The third-order valence-electron chi connectivity index (χ3n) is 2.75. The Morgan fingerprint density at radius 2 is 2.26 bits per heavy atom. The molecule has 0 amide bonds. The van der Waals surface area contributed by atoms with E-state index in [9.17, 15) is 4.39 Å². The zero-order valence-corrected chi connectivity index (χ0v) is 10.9. The Morgan fingerprint density at radius 3 is 2.95 bits per heavy atom. The maximum atomic E-state index is 13.6. The molecule has 2 aromatic rings. The van der Waals surface area contributed by atoms with Gasteiger partial charge in [0, 0.05) is 13.0 Å². The van der Waals surface area contributed by atoms with Crippen LogP contribution in [0.4, 0.5) is 4.39 Å². The summed E-state index contributed by atoms with van der Waals surface area (Å²) in [5.41, 5.74) is 0.788. The predicted octanol–water partition coefficient (Wildman–Crippen LogP) is 0.631. The first-order valence-corrected chi connectivity index (χ1v) is 5.96. The average Bonchev–Trinajstić information content (AvgIpc) is 2.84. The maximum Gasteiger partial charge on any atom is 0.165 e. The Morgan fingerprint density at radius 1 is 1.42 bits per heavy atom. The first-order valence-electron chi connectivity index (χ1n) is 5.96. The van der Waals surface area contributed by atoms with E-state index in [1.165, 1.54) is 13.2 Å². The largest absolute Gasteiger partial charge is 0.494 e. The van der Waals surface area contributed by atoms with Gasteiger partial charge in [0.25, 0.3) is 0 Å². The van der Waals surface area contributed by atoms with Crippen molar-refractivity contribution in [1.82, 2.24) is 25.5 Å². The summed E-state index contributed by atoms with van der Waals surface area (Å²) in [6, 6.07) is 4.83. The van der Waals surface area contributed by atoms with E-state index in [4.69, 9.17) is 4.74 Å². The maximum absolute atomic E-state index is 13.6. The van der Waals surface area contributed by atoms with Crippen LogP contribution in [0.15, 0.2) is 18.2 Å². The molecule has 19 heavy (non-hydrogen) atoms. The number of benzene rings is 1. The van der Waals surface area contributed by atoms with Crippen LogP contribution in [0.3, 0.4) is 0 Å². The van der Waals surface area contributed by atoms with Gasteiger partial charge in [-0.05, 0) is 35.2 Å². The van der Waals surface area contributed by atoms with Gasteiger partial charge in [0.1, 0.15) is 0 Å². The Hall–Kier alpha value is -2.02. The molecule has 0 bridgehead atoms. The first-order chi connectivity index (χ1) is 9.24. The van der Waals surface area contributed by atoms with Crippen molar-refractivity contribution < 1.29 is 9.13 Å². The monoisotopic (exact) mass is 265 g/mol. The van der Waals surface area contributed by atoms with Crippen molar-refractivity contribution in [1.29, 1.82) is 0 Å². The van der Waals surface area contributed by atoms with Gasteiger partial charge in [0.2, 0.25) is 0 Å². The van der Waals surface area contributed by atoms with E-state index in [1.807, 2.05) is 7.05 Å². The lowest BCUT2D eigenvalue weighted by atomic mass is 10.2. The van der Waals surface area contributed by atoms with Gasteiger partial charge in [0.15, 0.2) is 17.4 Å². The van der Waals surface area contributed by atoms with Crippen LogP contribution in [0.2, 0.25) is 0 Å². The van der Waals surface area contributed by atoms with E-state index < -0.39 is 0 Å². The van der Waals surface area contributed by atoms with Crippen LogP contribution in [0, 0.1) is 5.82 Å². The Kier molecular flexibility index (Phi) is 4.40. The molecule has 0 spiro atoms. The van der Waals surface area contributed by atoms with E-state index in [0.717, 1.165) is 24.4 Å². The highest BCUT2D eigenvalue weighted by Gasteiger charge is 2.08. The molecular weight excluding hydrogens is 249 g/mol. The molecule has 1 aromatic heterocycles. The normalized spacial score (nSPS) is 10.7. The molecule has 1 N–H and O–H groups in total. The summed E-state index contributed by atoms with van der Waals surface area (Å²) in [7, 11) is 3.31. The fourth-order valence-corrected chi connectivity index (χ4v) is 1.74. The molecule has 0 aliphatic carbocycles. The lowest BCUT2D eigenvalue weighted by Crippen LogP contribution is -2.15. The number of nitrogens with zero attached hydrogens (tertiary/aromatic N) is 4. The van der Waals surface area contributed by atoms with Gasteiger partial charge in [-0.2, -0.15) is 0 Å². The Labute approximate surface area is 110 Å². The van der Waals surface area contributed by atoms with Crippen LogP contribution >= 0.6 is 0 Å². The number of halogens is 1. The Bertz CT molecular complexity index is 543. The van der Waals surface area contributed by atoms with Crippen molar-refractivity contribution in [3.05, 3.63) is 35.4 Å². The van der Waals surface area contributed by atoms with E-state index in [2.05, 4.69) is 20.8 Å². The summed E-state index contributed by atoms with van der Waals surface area (Å²) in [4.78, 5) is 0. The zero-order valence-electron chi connectivity index (χ0n) is 10.9. The highest BCUT2D eigenvalue weighted by molar-refractivity contribution is 5.29. The first kappa shape index (κ1) is 13.4. The van der Waals surface area contributed by atoms with Crippen molar-refractivity contribution in [3.63, 3.8) is 0 Å². The van der Waals surface area contributed by atoms with Gasteiger partial charge in [-0.1, -0.05) is 6.07 Å². The van der Waals surface area contributed by atoms with E-state index in [0.29, 0.717) is 6.54 Å². The highest BCUT2D eigenvalue weighted by Crippen LogP contribution is 2.18. The summed E-state index contributed by atoms with van der Waals surface area (Å²) < 4.78 is 20.1. The second-order valence-electron chi connectivity index (χ2n) is 4.08. The number of aromatic nitrogens is 4. The van der Waals surface area contributed by atoms with Crippen molar-refractivity contribution in [3.8, 4) is 5.75 Å². The van der Waals surface area contributed by atoms with Crippen LogP contribution in [0.1, 0.15) is 11.4 Å². The van der Waals surface area contributed by atoms with Gasteiger partial charge >= 0.3 is 0 Å². The SMILES string of the molecule is CNCCc1nnnn1Cc1ccc(OC)c(F)c1. The molecule has 0 fully saturated rings. The number of rotatable bonds is 6. The number of methoxy groups -OCH3 is 1. The molecule has 0 unspecified atom stereocenters. The van der Waals surface area contributed by atoms with Gasteiger partial charge < -0.3 is 10.1 Å². The average molecular weight is 265 g/mol. The van der Waals surface area contributed by atoms with Gasteiger partial charge in [-0.3, -0.25) is 0 Å². The minimum Gasteiger partial charge on any atom is -0.494 e. The molecule has 0 saturated carbocycles. The predicted molar refractivity (Wildman–Crippen MR) is 67.5 cm³/mol. The number of likely N-dealkylation sites (N-methyl/N-ethyl adjacent to an activating group) is 1. The quantitative estimate of drug-likeness (QED) is 0.830. The number of hydrogen-bond acceptors (Lipinski definition) is 5. The van der Waals surface area contributed by atoms with Crippen LogP contribution < -0.4 is 10.1 Å². The minimum absolute atomic E-state index is 0.232. The van der Waals surface area contributed by atoms with Crippen molar-refractivity contribution in [2.75, 3.05) is 20.7 Å². The molecule has 1 heterocycles. The van der Waals surface area contributed by atoms with E-state index >= 15 is 0 Å². The summed E-state index contributed by atoms with van der Waals surface area (Å²) in [5, 5.41) is 14.5. The molecule has 102 valence electrons. The molecule has 2 rings (SSSR count). The van der Waals surface area contributed by atoms with Crippen LogP contribution in [-0.4, -0.2) is 40.9 Å². The fraction of sp³-hybridized carbons (Fsp3) is 0.417. The summed E-state index contributed by atoms with van der Waals surface area (Å²) in [6.07, 6.45) is 0.724. The second-order valence-corrected chi connectivity index (χ2v) is 4.08. The standard InChI is InChI=1S/C12H16FN5O/c1-14-6-5-12-15-16-17-18(12)8-9-3-4-11(19-2)10(13)7-9/h3-4,7,14H,5-6,8H2,1-2H3. The highest BCUT2D eigenvalue weighted by atomic mass is 19.1. The van der Waals surface area contributed by atoms with Crippen molar-refractivity contribution in [2.45, 2.75) is 13.0 Å². The molecule has 0 aliphatic rings. The minimum atomic E-state index is -0.384. The summed E-state index contributed by atoms with van der Waals surface area (Å²) in [6.45, 7) is 1.23. The fourth-order valence-electron chi connectivity index (χ4n) is 1.74. The number of hydrogen-bond donors (Lipinski definition) is 1. The lowest BCUT2D eigenvalue weighted by Gasteiger charge is -2.07. The molecular formula is C12H16FN5O. The Balaban J connectivity index is 2.12. The van der Waals surface area contributed by atoms with E-state index in [1.54, 1.807) is 16.8 Å². The summed E-state index contributed by atoms with van der Waals surface area (Å²) >= 11 is 0. The lowest BCUT2D eigenvalue weighted by molar-refractivity contribution is 0.386. The molecule has 0 aliphatic heterocycles. The number of ether oxygens (including phenoxy) is 1. The third-order valence-corrected chi connectivity index (χ3v) is 2.75. The third kappa shape index (κ3) is 3.25. The number of nitrogens with one attached hydrogen (secondary N) is 1. The molecule has 0 atom stereocenters. The van der Waals surface area contributed by atoms with Crippen LogP contribution in [0.5, 0.6) is 5.75 Å². The van der Waals surface area contributed by atoms with Gasteiger partial charge in [-0.15, -0.1) is 5.10 Å². The van der Waals surface area contributed by atoms with Crippen LogP contribution in [0.25, 0.3) is 0 Å². The molecule has 0 radical (unpaired) electrons. The molecule has 0 saturated heterocycles. The molecule has 6 nitrogen and oxygen atoms in total. The number of tetrazole rings is 1. The van der Waals surface area contributed by atoms with Crippen molar-refractivity contribution >= 4 is 0 Å².